The van der Waals surface area contributed by atoms with Crippen molar-refractivity contribution in [2.24, 2.45) is 0 Å². The second-order valence-corrected chi connectivity index (χ2v) is 4.87. The molecule has 0 saturated carbocycles. The van der Waals surface area contributed by atoms with Gasteiger partial charge in [0.25, 0.3) is 0 Å². The summed E-state index contributed by atoms with van der Waals surface area (Å²) in [7, 11) is 0. The SMILES string of the molecule is Oc1ccc(NCc2cccc3c2OCCO3)cc1Cl. The van der Waals surface area contributed by atoms with Crippen LogP contribution in [-0.2, 0) is 6.54 Å². The van der Waals surface area contributed by atoms with Crippen molar-refractivity contribution in [3.05, 3.63) is 47.0 Å². The summed E-state index contributed by atoms with van der Waals surface area (Å²) in [5, 5.41) is 13.0. The summed E-state index contributed by atoms with van der Waals surface area (Å²) in [6.45, 7) is 1.74. The summed E-state index contributed by atoms with van der Waals surface area (Å²) in [5.74, 6) is 1.64. The minimum absolute atomic E-state index is 0.0750. The standard InChI is InChI=1S/C15H14ClNO3/c16-12-8-11(4-5-13(12)18)17-9-10-2-1-3-14-15(10)20-7-6-19-14/h1-5,8,17-18H,6-7,9H2. The fraction of sp³-hybridized carbons (Fsp3) is 0.200. The molecule has 20 heavy (non-hydrogen) atoms. The van der Waals surface area contributed by atoms with E-state index in [4.69, 9.17) is 21.1 Å². The highest BCUT2D eigenvalue weighted by Crippen LogP contribution is 2.34. The first-order valence-electron chi connectivity index (χ1n) is 6.34. The highest BCUT2D eigenvalue weighted by atomic mass is 35.5. The third kappa shape index (κ3) is 2.60. The molecule has 1 aliphatic heterocycles. The molecule has 5 heteroatoms. The molecule has 0 radical (unpaired) electrons. The van der Waals surface area contributed by atoms with Crippen molar-refractivity contribution in [2.45, 2.75) is 6.54 Å². The van der Waals surface area contributed by atoms with E-state index in [1.165, 1.54) is 0 Å². The molecule has 0 atom stereocenters. The van der Waals surface area contributed by atoms with Crippen molar-refractivity contribution in [3.8, 4) is 17.2 Å². The molecule has 1 heterocycles. The molecule has 1 aliphatic rings. The summed E-state index contributed by atoms with van der Waals surface area (Å²) < 4.78 is 11.2. The average Bonchev–Trinajstić information content (AvgIpc) is 2.48. The molecule has 0 fully saturated rings. The topological polar surface area (TPSA) is 50.7 Å². The van der Waals surface area contributed by atoms with E-state index < -0.39 is 0 Å². The Labute approximate surface area is 121 Å². The van der Waals surface area contributed by atoms with Crippen molar-refractivity contribution in [1.29, 1.82) is 0 Å². The highest BCUT2D eigenvalue weighted by Gasteiger charge is 2.15. The van der Waals surface area contributed by atoms with Gasteiger partial charge in [0.2, 0.25) is 0 Å². The van der Waals surface area contributed by atoms with E-state index in [1.54, 1.807) is 18.2 Å². The average molecular weight is 292 g/mol. The van der Waals surface area contributed by atoms with Gasteiger partial charge in [-0.2, -0.15) is 0 Å². The van der Waals surface area contributed by atoms with Gasteiger partial charge in [0, 0.05) is 17.8 Å². The number of hydrogen-bond acceptors (Lipinski definition) is 4. The van der Waals surface area contributed by atoms with E-state index in [0.29, 0.717) is 24.8 Å². The van der Waals surface area contributed by atoms with Crippen LogP contribution in [0.5, 0.6) is 17.2 Å². The van der Waals surface area contributed by atoms with Gasteiger partial charge in [-0.1, -0.05) is 23.7 Å². The maximum atomic E-state index is 9.39. The molecule has 104 valence electrons. The minimum Gasteiger partial charge on any atom is -0.506 e. The molecule has 0 aromatic heterocycles. The Kier molecular flexibility index (Phi) is 3.56. The third-order valence-corrected chi connectivity index (χ3v) is 3.38. The highest BCUT2D eigenvalue weighted by molar-refractivity contribution is 6.32. The summed E-state index contributed by atoms with van der Waals surface area (Å²) in [6, 6.07) is 10.8. The van der Waals surface area contributed by atoms with Crippen molar-refractivity contribution < 1.29 is 14.6 Å². The van der Waals surface area contributed by atoms with E-state index in [2.05, 4.69) is 5.32 Å². The predicted molar refractivity (Wildman–Crippen MR) is 77.9 cm³/mol. The quantitative estimate of drug-likeness (QED) is 0.851. The zero-order chi connectivity index (χ0) is 13.9. The van der Waals surface area contributed by atoms with Gasteiger partial charge in [-0.05, 0) is 24.3 Å². The van der Waals surface area contributed by atoms with Crippen LogP contribution in [-0.4, -0.2) is 18.3 Å². The van der Waals surface area contributed by atoms with Gasteiger partial charge in [-0.15, -0.1) is 0 Å². The van der Waals surface area contributed by atoms with Crippen LogP contribution in [0.4, 0.5) is 5.69 Å². The number of aromatic hydroxyl groups is 1. The molecule has 2 aromatic carbocycles. The van der Waals surface area contributed by atoms with Crippen LogP contribution in [0.1, 0.15) is 5.56 Å². The molecule has 4 nitrogen and oxygen atoms in total. The number of rotatable bonds is 3. The number of para-hydroxylation sites is 1. The van der Waals surface area contributed by atoms with Crippen molar-refractivity contribution in [3.63, 3.8) is 0 Å². The lowest BCUT2D eigenvalue weighted by Gasteiger charge is -2.21. The number of fused-ring (bicyclic) bond motifs is 1. The number of phenols is 1. The molecule has 3 rings (SSSR count). The van der Waals surface area contributed by atoms with Gasteiger partial charge in [0.15, 0.2) is 11.5 Å². The Hall–Kier alpha value is -2.07. The van der Waals surface area contributed by atoms with E-state index in [9.17, 15) is 5.11 Å². The molecular formula is C15H14ClNO3. The van der Waals surface area contributed by atoms with Crippen LogP contribution in [0.3, 0.4) is 0 Å². The number of nitrogens with one attached hydrogen (secondary N) is 1. The van der Waals surface area contributed by atoms with E-state index in [-0.39, 0.29) is 5.75 Å². The number of halogens is 1. The summed E-state index contributed by atoms with van der Waals surface area (Å²) in [5.41, 5.74) is 1.86. The van der Waals surface area contributed by atoms with Crippen LogP contribution in [0.2, 0.25) is 5.02 Å². The Balaban J connectivity index is 1.76. The second-order valence-electron chi connectivity index (χ2n) is 4.46. The molecule has 0 bridgehead atoms. The maximum absolute atomic E-state index is 9.39. The normalized spacial score (nSPS) is 13.1. The lowest BCUT2D eigenvalue weighted by atomic mass is 10.1. The first-order valence-corrected chi connectivity index (χ1v) is 6.72. The molecule has 2 aromatic rings. The summed E-state index contributed by atoms with van der Waals surface area (Å²) in [6.07, 6.45) is 0. The Morgan fingerprint density at radius 1 is 1.15 bits per heavy atom. The first-order chi connectivity index (χ1) is 9.74. The Morgan fingerprint density at radius 3 is 2.85 bits per heavy atom. The second kappa shape index (κ2) is 5.51. The monoisotopic (exact) mass is 291 g/mol. The summed E-state index contributed by atoms with van der Waals surface area (Å²) >= 11 is 5.88. The van der Waals surface area contributed by atoms with Crippen LogP contribution < -0.4 is 14.8 Å². The number of phenolic OH excluding ortho intramolecular Hbond substituents is 1. The smallest absolute Gasteiger partial charge is 0.166 e. The van der Waals surface area contributed by atoms with Crippen molar-refractivity contribution >= 4 is 17.3 Å². The Bertz CT molecular complexity index is 631. The number of hydrogen-bond donors (Lipinski definition) is 2. The van der Waals surface area contributed by atoms with E-state index >= 15 is 0 Å². The molecule has 0 aliphatic carbocycles. The molecular weight excluding hydrogens is 278 g/mol. The van der Waals surface area contributed by atoms with E-state index in [0.717, 1.165) is 22.7 Å². The van der Waals surface area contributed by atoms with E-state index in [1.807, 2.05) is 18.2 Å². The number of anilines is 1. The zero-order valence-electron chi connectivity index (χ0n) is 10.7. The third-order valence-electron chi connectivity index (χ3n) is 3.08. The lowest BCUT2D eigenvalue weighted by Crippen LogP contribution is -2.17. The lowest BCUT2D eigenvalue weighted by molar-refractivity contribution is 0.170. The predicted octanol–water partition coefficient (Wildman–Crippen LogP) is 3.43. The van der Waals surface area contributed by atoms with Crippen LogP contribution in [0, 0.1) is 0 Å². The van der Waals surface area contributed by atoms with Gasteiger partial charge in [-0.3, -0.25) is 0 Å². The maximum Gasteiger partial charge on any atom is 0.166 e. The number of benzene rings is 2. The Morgan fingerprint density at radius 2 is 2.00 bits per heavy atom. The van der Waals surface area contributed by atoms with Crippen molar-refractivity contribution in [2.75, 3.05) is 18.5 Å². The first kappa shape index (κ1) is 12.9. The number of ether oxygens (including phenoxy) is 2. The fourth-order valence-corrected chi connectivity index (χ4v) is 2.27. The minimum atomic E-state index is 0.0750. The van der Waals surface area contributed by atoms with Gasteiger partial charge in [0.1, 0.15) is 19.0 Å². The summed E-state index contributed by atoms with van der Waals surface area (Å²) in [4.78, 5) is 0. The zero-order valence-corrected chi connectivity index (χ0v) is 11.5. The van der Waals surface area contributed by atoms with Crippen LogP contribution in [0.25, 0.3) is 0 Å². The van der Waals surface area contributed by atoms with Crippen molar-refractivity contribution in [1.82, 2.24) is 0 Å². The van der Waals surface area contributed by atoms with Crippen LogP contribution in [0.15, 0.2) is 36.4 Å². The largest absolute Gasteiger partial charge is 0.506 e. The van der Waals surface area contributed by atoms with Gasteiger partial charge < -0.3 is 19.9 Å². The van der Waals surface area contributed by atoms with Crippen LogP contribution >= 0.6 is 11.6 Å². The fourth-order valence-electron chi connectivity index (χ4n) is 2.09. The van der Waals surface area contributed by atoms with Gasteiger partial charge >= 0.3 is 0 Å². The molecule has 0 unspecified atom stereocenters. The van der Waals surface area contributed by atoms with Gasteiger partial charge in [-0.25, -0.2) is 0 Å². The molecule has 0 spiro atoms. The van der Waals surface area contributed by atoms with Gasteiger partial charge in [0.05, 0.1) is 5.02 Å². The molecule has 0 amide bonds. The molecule has 0 saturated heterocycles. The molecule has 2 N–H and O–H groups in total.